The highest BCUT2D eigenvalue weighted by Gasteiger charge is 2.46. The molecule has 0 aromatic rings. The number of hydrogen-bond acceptors (Lipinski definition) is 3. The largest absolute Gasteiger partial charge is 0.480 e. The molecule has 0 saturated carbocycles. The Balaban J connectivity index is 2.72. The fourth-order valence-electron chi connectivity index (χ4n) is 1.23. The van der Waals surface area contributed by atoms with Crippen LogP contribution in [0.15, 0.2) is 0 Å². The normalized spacial score (nSPS) is 34.9. The van der Waals surface area contributed by atoms with E-state index in [1.807, 2.05) is 0 Å². The van der Waals surface area contributed by atoms with Crippen molar-refractivity contribution in [2.75, 3.05) is 5.75 Å². The first-order valence-corrected chi connectivity index (χ1v) is 5.39. The first kappa shape index (κ1) is 10.9. The monoisotopic (exact) mass is 203 g/mol. The minimum absolute atomic E-state index is 0.0713. The van der Waals surface area contributed by atoms with Crippen molar-refractivity contribution in [3.63, 3.8) is 0 Å². The number of nitrogens with one attached hydrogen (secondary N) is 1. The van der Waals surface area contributed by atoms with Gasteiger partial charge in [-0.15, -0.1) is 11.8 Å². The number of thioether (sulfide) groups is 1. The molecule has 2 N–H and O–H groups in total. The molecular formula is C9H17NO2S. The van der Waals surface area contributed by atoms with Gasteiger partial charge >= 0.3 is 5.97 Å². The van der Waals surface area contributed by atoms with Crippen molar-refractivity contribution in [3.8, 4) is 0 Å². The predicted molar refractivity (Wildman–Crippen MR) is 54.9 cm³/mol. The van der Waals surface area contributed by atoms with E-state index in [-0.39, 0.29) is 10.3 Å². The maximum absolute atomic E-state index is 10.7. The predicted octanol–water partition coefficient (Wildman–Crippen LogP) is 1.54. The van der Waals surface area contributed by atoms with Gasteiger partial charge in [-0.3, -0.25) is 10.1 Å². The van der Waals surface area contributed by atoms with Crippen LogP contribution in [0.5, 0.6) is 0 Å². The number of carbonyl (C=O) groups is 1. The summed E-state index contributed by atoms with van der Waals surface area (Å²) in [7, 11) is 0. The van der Waals surface area contributed by atoms with Crippen LogP contribution < -0.4 is 5.32 Å². The molecule has 13 heavy (non-hydrogen) atoms. The Morgan fingerprint density at radius 3 is 2.38 bits per heavy atom. The van der Waals surface area contributed by atoms with Gasteiger partial charge in [0.05, 0.1) is 4.87 Å². The topological polar surface area (TPSA) is 49.3 Å². The number of rotatable bonds is 1. The fraction of sp³-hybridized carbons (Fsp3) is 0.889. The summed E-state index contributed by atoms with van der Waals surface area (Å²) in [5, 5.41) is 12.0. The third-order valence-corrected chi connectivity index (χ3v) is 4.53. The lowest BCUT2D eigenvalue weighted by Crippen LogP contribution is -2.50. The molecule has 2 atom stereocenters. The molecule has 0 aromatic carbocycles. The lowest BCUT2D eigenvalue weighted by molar-refractivity contribution is -0.139. The van der Waals surface area contributed by atoms with Gasteiger partial charge < -0.3 is 5.11 Å². The minimum atomic E-state index is -0.750. The highest BCUT2D eigenvalue weighted by Crippen LogP contribution is 2.43. The van der Waals surface area contributed by atoms with Crippen LogP contribution in [0.2, 0.25) is 0 Å². The third kappa shape index (κ3) is 1.99. The summed E-state index contributed by atoms with van der Waals surface area (Å²) < 4.78 is 0. The Morgan fingerprint density at radius 1 is 1.62 bits per heavy atom. The fourth-order valence-corrected chi connectivity index (χ4v) is 2.62. The molecule has 1 fully saturated rings. The zero-order valence-electron chi connectivity index (χ0n) is 8.55. The maximum atomic E-state index is 10.7. The van der Waals surface area contributed by atoms with Gasteiger partial charge in [-0.1, -0.05) is 20.8 Å². The highest BCUT2D eigenvalue weighted by molar-refractivity contribution is 8.01. The van der Waals surface area contributed by atoms with Crippen molar-refractivity contribution in [1.29, 1.82) is 0 Å². The minimum Gasteiger partial charge on any atom is -0.480 e. The van der Waals surface area contributed by atoms with E-state index < -0.39 is 12.0 Å². The Morgan fingerprint density at radius 2 is 2.15 bits per heavy atom. The molecule has 0 aromatic heterocycles. The van der Waals surface area contributed by atoms with Crippen molar-refractivity contribution < 1.29 is 9.90 Å². The average Bonchev–Trinajstić information content (AvgIpc) is 2.31. The third-order valence-electron chi connectivity index (χ3n) is 2.72. The molecule has 1 aliphatic rings. The first-order chi connectivity index (χ1) is 5.76. The van der Waals surface area contributed by atoms with Crippen molar-refractivity contribution in [3.05, 3.63) is 0 Å². The van der Waals surface area contributed by atoms with E-state index in [9.17, 15) is 4.79 Å². The van der Waals surface area contributed by atoms with E-state index in [0.717, 1.165) is 0 Å². The van der Waals surface area contributed by atoms with Gasteiger partial charge in [0.25, 0.3) is 0 Å². The standard InChI is InChI=1S/C9H17NO2S/c1-8(2,3)9(4)10-6(5-13-9)7(11)12/h6,10H,5H2,1-4H3,(H,11,12)/t6-,9+/m0/s1. The second kappa shape index (κ2) is 3.17. The molecule has 1 aliphatic heterocycles. The second-order valence-electron chi connectivity index (χ2n) is 4.63. The van der Waals surface area contributed by atoms with Crippen molar-refractivity contribution in [1.82, 2.24) is 5.32 Å². The average molecular weight is 203 g/mol. The summed E-state index contributed by atoms with van der Waals surface area (Å²) in [6.07, 6.45) is 0. The maximum Gasteiger partial charge on any atom is 0.321 e. The Bertz CT molecular complexity index is 224. The number of aliphatic carboxylic acids is 1. The molecule has 1 rings (SSSR count). The molecule has 0 spiro atoms. The van der Waals surface area contributed by atoms with Crippen molar-refractivity contribution in [2.24, 2.45) is 5.41 Å². The summed E-state index contributed by atoms with van der Waals surface area (Å²) in [6, 6.07) is -0.394. The lowest BCUT2D eigenvalue weighted by atomic mass is 9.87. The van der Waals surface area contributed by atoms with Crippen LogP contribution in [-0.4, -0.2) is 27.7 Å². The summed E-state index contributed by atoms with van der Waals surface area (Å²) in [5.41, 5.74) is 0.0713. The van der Waals surface area contributed by atoms with Gasteiger partial charge in [-0.05, 0) is 12.3 Å². The zero-order chi connectivity index (χ0) is 10.3. The summed E-state index contributed by atoms with van der Waals surface area (Å²) in [5.74, 6) is -0.0937. The molecule has 76 valence electrons. The number of carboxylic acid groups (broad SMARTS) is 1. The van der Waals surface area contributed by atoms with Gasteiger partial charge in [0.15, 0.2) is 0 Å². The first-order valence-electron chi connectivity index (χ1n) is 4.41. The van der Waals surface area contributed by atoms with Gasteiger partial charge in [-0.2, -0.15) is 0 Å². The van der Waals surface area contributed by atoms with E-state index in [4.69, 9.17) is 5.11 Å². The Hall–Kier alpha value is -0.220. The van der Waals surface area contributed by atoms with Crippen LogP contribution in [-0.2, 0) is 4.79 Å². The van der Waals surface area contributed by atoms with Crippen LogP contribution in [0, 0.1) is 5.41 Å². The van der Waals surface area contributed by atoms with E-state index in [2.05, 4.69) is 33.0 Å². The quantitative estimate of drug-likeness (QED) is 0.678. The smallest absolute Gasteiger partial charge is 0.321 e. The molecule has 0 radical (unpaired) electrons. The highest BCUT2D eigenvalue weighted by atomic mass is 32.2. The Labute approximate surface area is 83.3 Å². The molecule has 1 saturated heterocycles. The van der Waals surface area contributed by atoms with Gasteiger partial charge in [-0.25, -0.2) is 0 Å². The molecule has 3 nitrogen and oxygen atoms in total. The summed E-state index contributed by atoms with van der Waals surface area (Å²) >= 11 is 1.70. The summed E-state index contributed by atoms with van der Waals surface area (Å²) in [6.45, 7) is 8.44. The lowest BCUT2D eigenvalue weighted by Gasteiger charge is -2.38. The molecule has 1 heterocycles. The summed E-state index contributed by atoms with van der Waals surface area (Å²) in [4.78, 5) is 10.6. The van der Waals surface area contributed by atoms with Crippen LogP contribution in [0.25, 0.3) is 0 Å². The molecular weight excluding hydrogens is 186 g/mol. The van der Waals surface area contributed by atoms with E-state index in [0.29, 0.717) is 5.75 Å². The molecule has 0 amide bonds. The molecule has 0 aliphatic carbocycles. The van der Waals surface area contributed by atoms with Gasteiger partial charge in [0.2, 0.25) is 0 Å². The van der Waals surface area contributed by atoms with E-state index in [1.165, 1.54) is 0 Å². The van der Waals surface area contributed by atoms with Crippen molar-refractivity contribution in [2.45, 2.75) is 38.6 Å². The van der Waals surface area contributed by atoms with Crippen LogP contribution in [0.1, 0.15) is 27.7 Å². The van der Waals surface area contributed by atoms with Crippen LogP contribution in [0.3, 0.4) is 0 Å². The van der Waals surface area contributed by atoms with Gasteiger partial charge in [0, 0.05) is 5.75 Å². The van der Waals surface area contributed by atoms with E-state index in [1.54, 1.807) is 11.8 Å². The van der Waals surface area contributed by atoms with Crippen molar-refractivity contribution >= 4 is 17.7 Å². The van der Waals surface area contributed by atoms with Crippen LogP contribution in [0.4, 0.5) is 0 Å². The van der Waals surface area contributed by atoms with E-state index >= 15 is 0 Å². The number of hydrogen-bond donors (Lipinski definition) is 2. The Kier molecular flexibility index (Phi) is 2.65. The molecule has 0 unspecified atom stereocenters. The van der Waals surface area contributed by atoms with Gasteiger partial charge in [0.1, 0.15) is 6.04 Å². The van der Waals surface area contributed by atoms with Crippen LogP contribution >= 0.6 is 11.8 Å². The molecule has 4 heteroatoms. The second-order valence-corrected chi connectivity index (χ2v) is 6.07. The zero-order valence-corrected chi connectivity index (χ0v) is 9.36. The molecule has 0 bridgehead atoms. The SMILES string of the molecule is CC(C)(C)[C@]1(C)N[C@H](C(=O)O)CS1. The number of carboxylic acids is 1.